The van der Waals surface area contributed by atoms with Crippen molar-refractivity contribution in [1.29, 1.82) is 0 Å². The second-order valence-electron chi connectivity index (χ2n) is 4.24. The number of hydrogen-bond acceptors (Lipinski definition) is 4. The van der Waals surface area contributed by atoms with Crippen molar-refractivity contribution in [2.45, 2.75) is 13.5 Å². The van der Waals surface area contributed by atoms with Gasteiger partial charge in [0.05, 0.1) is 4.92 Å². The molecule has 2 aromatic carbocycles. The van der Waals surface area contributed by atoms with Crippen LogP contribution in [0.2, 0.25) is 0 Å². The molecule has 2 rings (SSSR count). The summed E-state index contributed by atoms with van der Waals surface area (Å²) < 4.78 is 5.65. The predicted molar refractivity (Wildman–Crippen MR) is 73.0 cm³/mol. The SMILES string of the molecule is Cc1cc(N)ccc1OCc1ccc([N+](=O)[O-])cc1. The van der Waals surface area contributed by atoms with Crippen LogP contribution in [-0.2, 0) is 6.61 Å². The number of rotatable bonds is 4. The molecular formula is C14H14N2O3. The molecule has 0 aromatic heterocycles. The Kier molecular flexibility index (Phi) is 3.66. The maximum absolute atomic E-state index is 10.5. The normalized spacial score (nSPS) is 10.2. The van der Waals surface area contributed by atoms with Crippen LogP contribution in [0.25, 0.3) is 0 Å². The molecule has 0 amide bonds. The van der Waals surface area contributed by atoms with Crippen molar-refractivity contribution >= 4 is 11.4 Å². The van der Waals surface area contributed by atoms with E-state index in [2.05, 4.69) is 0 Å². The van der Waals surface area contributed by atoms with Crippen LogP contribution in [0.4, 0.5) is 11.4 Å². The van der Waals surface area contributed by atoms with Crippen molar-refractivity contribution in [2.24, 2.45) is 0 Å². The Morgan fingerprint density at radius 1 is 1.21 bits per heavy atom. The van der Waals surface area contributed by atoms with Gasteiger partial charge < -0.3 is 10.5 Å². The Morgan fingerprint density at radius 2 is 1.89 bits per heavy atom. The molecule has 0 heterocycles. The fraction of sp³-hybridized carbons (Fsp3) is 0.143. The number of hydrogen-bond donors (Lipinski definition) is 1. The maximum atomic E-state index is 10.5. The van der Waals surface area contributed by atoms with Gasteiger partial charge in [0.2, 0.25) is 0 Å². The molecule has 0 unspecified atom stereocenters. The molecule has 0 atom stereocenters. The van der Waals surface area contributed by atoms with Gasteiger partial charge in [0.15, 0.2) is 0 Å². The van der Waals surface area contributed by atoms with Crippen molar-refractivity contribution < 1.29 is 9.66 Å². The number of nitrogen functional groups attached to an aromatic ring is 1. The summed E-state index contributed by atoms with van der Waals surface area (Å²) >= 11 is 0. The highest BCUT2D eigenvalue weighted by atomic mass is 16.6. The van der Waals surface area contributed by atoms with Crippen LogP contribution >= 0.6 is 0 Å². The molecule has 0 radical (unpaired) electrons. The second-order valence-corrected chi connectivity index (χ2v) is 4.24. The Balaban J connectivity index is 2.04. The van der Waals surface area contributed by atoms with E-state index in [1.54, 1.807) is 18.2 Å². The fourth-order valence-electron chi connectivity index (χ4n) is 1.71. The van der Waals surface area contributed by atoms with Gasteiger partial charge in [0, 0.05) is 17.8 Å². The molecule has 0 saturated heterocycles. The zero-order valence-corrected chi connectivity index (χ0v) is 10.5. The predicted octanol–water partition coefficient (Wildman–Crippen LogP) is 3.06. The molecule has 0 saturated carbocycles. The van der Waals surface area contributed by atoms with Crippen LogP contribution in [0.15, 0.2) is 42.5 Å². The summed E-state index contributed by atoms with van der Waals surface area (Å²) in [5.41, 5.74) is 8.27. The largest absolute Gasteiger partial charge is 0.489 e. The zero-order valence-electron chi connectivity index (χ0n) is 10.5. The van der Waals surface area contributed by atoms with Gasteiger partial charge in [-0.25, -0.2) is 0 Å². The van der Waals surface area contributed by atoms with Crippen LogP contribution in [0, 0.1) is 17.0 Å². The molecule has 98 valence electrons. The lowest BCUT2D eigenvalue weighted by atomic mass is 10.2. The van der Waals surface area contributed by atoms with Crippen LogP contribution in [0.3, 0.4) is 0 Å². The first kappa shape index (κ1) is 12.9. The summed E-state index contributed by atoms with van der Waals surface area (Å²) in [6, 6.07) is 11.7. The third-order valence-corrected chi connectivity index (χ3v) is 2.74. The van der Waals surface area contributed by atoms with Crippen molar-refractivity contribution in [3.05, 3.63) is 63.7 Å². The van der Waals surface area contributed by atoms with Crippen molar-refractivity contribution in [1.82, 2.24) is 0 Å². The smallest absolute Gasteiger partial charge is 0.269 e. The number of nitro groups is 1. The minimum absolute atomic E-state index is 0.0763. The number of aryl methyl sites for hydroxylation is 1. The van der Waals surface area contributed by atoms with Gasteiger partial charge >= 0.3 is 0 Å². The number of anilines is 1. The number of benzene rings is 2. The number of ether oxygens (including phenoxy) is 1. The maximum Gasteiger partial charge on any atom is 0.269 e. The van der Waals surface area contributed by atoms with Crippen molar-refractivity contribution in [2.75, 3.05) is 5.73 Å². The van der Waals surface area contributed by atoms with E-state index in [4.69, 9.17) is 10.5 Å². The molecule has 5 nitrogen and oxygen atoms in total. The molecule has 0 aliphatic rings. The molecule has 0 fully saturated rings. The summed E-state index contributed by atoms with van der Waals surface area (Å²) in [5, 5.41) is 10.5. The van der Waals surface area contributed by atoms with E-state index in [1.165, 1.54) is 12.1 Å². The van der Waals surface area contributed by atoms with Gasteiger partial charge in [-0.3, -0.25) is 10.1 Å². The monoisotopic (exact) mass is 258 g/mol. The molecule has 19 heavy (non-hydrogen) atoms. The molecule has 2 aromatic rings. The highest BCUT2D eigenvalue weighted by molar-refractivity contribution is 5.47. The average Bonchev–Trinajstić information content (AvgIpc) is 2.38. The van der Waals surface area contributed by atoms with E-state index in [0.29, 0.717) is 12.3 Å². The van der Waals surface area contributed by atoms with Crippen molar-refractivity contribution in [3.8, 4) is 5.75 Å². The number of non-ortho nitro benzene ring substituents is 1. The first-order chi connectivity index (χ1) is 9.06. The van der Waals surface area contributed by atoms with Gasteiger partial charge in [0.1, 0.15) is 12.4 Å². The lowest BCUT2D eigenvalue weighted by molar-refractivity contribution is -0.384. The van der Waals surface area contributed by atoms with Crippen LogP contribution < -0.4 is 10.5 Å². The zero-order chi connectivity index (χ0) is 13.8. The topological polar surface area (TPSA) is 78.4 Å². The minimum atomic E-state index is -0.422. The summed E-state index contributed by atoms with van der Waals surface area (Å²) in [7, 11) is 0. The molecule has 0 aliphatic heterocycles. The highest BCUT2D eigenvalue weighted by Crippen LogP contribution is 2.21. The second kappa shape index (κ2) is 5.39. The van der Waals surface area contributed by atoms with Crippen LogP contribution in [0.5, 0.6) is 5.75 Å². The standard InChI is InChI=1S/C14H14N2O3/c1-10-8-12(15)4-7-14(10)19-9-11-2-5-13(6-3-11)16(17)18/h2-8H,9,15H2,1H3. The van der Waals surface area contributed by atoms with Gasteiger partial charge in [-0.05, 0) is 48.4 Å². The summed E-state index contributed by atoms with van der Waals surface area (Å²) in [4.78, 5) is 10.1. The van der Waals surface area contributed by atoms with Gasteiger partial charge in [-0.1, -0.05) is 0 Å². The molecule has 5 heteroatoms. The summed E-state index contributed by atoms with van der Waals surface area (Å²) in [5.74, 6) is 0.757. The third kappa shape index (κ3) is 3.22. The van der Waals surface area contributed by atoms with E-state index >= 15 is 0 Å². The molecule has 2 N–H and O–H groups in total. The van der Waals surface area contributed by atoms with E-state index in [0.717, 1.165) is 16.9 Å². The Hall–Kier alpha value is -2.56. The number of nitro benzene ring substituents is 1. The molecular weight excluding hydrogens is 244 g/mol. The molecule has 0 aliphatic carbocycles. The number of nitrogens with two attached hydrogens (primary N) is 1. The average molecular weight is 258 g/mol. The minimum Gasteiger partial charge on any atom is -0.489 e. The third-order valence-electron chi connectivity index (χ3n) is 2.74. The summed E-state index contributed by atoms with van der Waals surface area (Å²) in [6.07, 6.45) is 0. The van der Waals surface area contributed by atoms with E-state index < -0.39 is 4.92 Å². The fourth-order valence-corrected chi connectivity index (χ4v) is 1.71. The van der Waals surface area contributed by atoms with Crippen LogP contribution in [0.1, 0.15) is 11.1 Å². The molecule has 0 bridgehead atoms. The van der Waals surface area contributed by atoms with E-state index in [-0.39, 0.29) is 5.69 Å². The van der Waals surface area contributed by atoms with E-state index in [9.17, 15) is 10.1 Å². The van der Waals surface area contributed by atoms with Crippen LogP contribution in [-0.4, -0.2) is 4.92 Å². The van der Waals surface area contributed by atoms with E-state index in [1.807, 2.05) is 19.1 Å². The van der Waals surface area contributed by atoms with Gasteiger partial charge in [0.25, 0.3) is 5.69 Å². The Bertz CT molecular complexity index is 594. The first-order valence-corrected chi connectivity index (χ1v) is 5.78. The summed E-state index contributed by atoms with van der Waals surface area (Å²) in [6.45, 7) is 2.28. The lowest BCUT2D eigenvalue weighted by Gasteiger charge is -2.09. The van der Waals surface area contributed by atoms with Gasteiger partial charge in [-0.2, -0.15) is 0 Å². The number of nitrogens with zero attached hydrogens (tertiary/aromatic N) is 1. The van der Waals surface area contributed by atoms with Gasteiger partial charge in [-0.15, -0.1) is 0 Å². The molecule has 0 spiro atoms. The van der Waals surface area contributed by atoms with Crippen molar-refractivity contribution in [3.63, 3.8) is 0 Å². The Labute approximate surface area is 110 Å². The first-order valence-electron chi connectivity index (χ1n) is 5.78. The Morgan fingerprint density at radius 3 is 2.47 bits per heavy atom. The lowest BCUT2D eigenvalue weighted by Crippen LogP contribution is -1.98. The highest BCUT2D eigenvalue weighted by Gasteiger charge is 2.05. The quantitative estimate of drug-likeness (QED) is 0.519.